The van der Waals surface area contributed by atoms with Crippen LogP contribution in [0.3, 0.4) is 0 Å². The van der Waals surface area contributed by atoms with Crippen molar-refractivity contribution in [1.29, 1.82) is 0 Å². The number of aromatic nitrogens is 2. The first kappa shape index (κ1) is 14.1. The van der Waals surface area contributed by atoms with Crippen molar-refractivity contribution >= 4 is 11.7 Å². The number of ether oxygens (including phenoxy) is 1. The van der Waals surface area contributed by atoms with Crippen LogP contribution in [0.5, 0.6) is 5.75 Å². The van der Waals surface area contributed by atoms with E-state index in [1.807, 2.05) is 26.0 Å². The Kier molecular flexibility index (Phi) is 4.40. The molecule has 20 heavy (non-hydrogen) atoms. The predicted octanol–water partition coefficient (Wildman–Crippen LogP) is 2.44. The summed E-state index contributed by atoms with van der Waals surface area (Å²) in [5, 5.41) is 6.80. The lowest BCUT2D eigenvalue weighted by Gasteiger charge is -2.08. The number of anilines is 1. The SMILES string of the molecule is Cc1cc(C)cc(OCCC(=O)Nc2ccn(C)n2)c1. The summed E-state index contributed by atoms with van der Waals surface area (Å²) < 4.78 is 7.24. The number of carbonyl (C=O) groups excluding carboxylic acids is 1. The van der Waals surface area contributed by atoms with Gasteiger partial charge >= 0.3 is 0 Å². The van der Waals surface area contributed by atoms with Gasteiger partial charge in [0.15, 0.2) is 5.82 Å². The highest BCUT2D eigenvalue weighted by molar-refractivity contribution is 5.89. The number of amides is 1. The fourth-order valence-corrected chi connectivity index (χ4v) is 1.96. The lowest BCUT2D eigenvalue weighted by Crippen LogP contribution is -2.15. The van der Waals surface area contributed by atoms with Gasteiger partial charge in [-0.25, -0.2) is 0 Å². The van der Waals surface area contributed by atoms with Gasteiger partial charge in [-0.2, -0.15) is 5.10 Å². The third-order valence-electron chi connectivity index (χ3n) is 2.77. The van der Waals surface area contributed by atoms with Crippen molar-refractivity contribution in [2.45, 2.75) is 20.3 Å². The second kappa shape index (κ2) is 6.23. The van der Waals surface area contributed by atoms with E-state index in [0.717, 1.165) is 16.9 Å². The molecule has 5 nitrogen and oxygen atoms in total. The van der Waals surface area contributed by atoms with Gasteiger partial charge in [-0.15, -0.1) is 0 Å². The summed E-state index contributed by atoms with van der Waals surface area (Å²) in [4.78, 5) is 11.7. The Bertz CT molecular complexity index is 585. The fraction of sp³-hybridized carbons (Fsp3) is 0.333. The van der Waals surface area contributed by atoms with Crippen LogP contribution in [0.1, 0.15) is 17.5 Å². The minimum Gasteiger partial charge on any atom is -0.493 e. The van der Waals surface area contributed by atoms with E-state index < -0.39 is 0 Å². The topological polar surface area (TPSA) is 56.1 Å². The number of carbonyl (C=O) groups is 1. The highest BCUT2D eigenvalue weighted by Gasteiger charge is 2.05. The lowest BCUT2D eigenvalue weighted by atomic mass is 10.1. The van der Waals surface area contributed by atoms with Crippen molar-refractivity contribution in [2.75, 3.05) is 11.9 Å². The molecule has 1 aromatic carbocycles. The van der Waals surface area contributed by atoms with Crippen LogP contribution in [0, 0.1) is 13.8 Å². The summed E-state index contributed by atoms with van der Waals surface area (Å²) in [5.74, 6) is 1.25. The maximum absolute atomic E-state index is 11.7. The average Bonchev–Trinajstić information content (AvgIpc) is 2.73. The normalized spacial score (nSPS) is 10.3. The van der Waals surface area contributed by atoms with E-state index in [4.69, 9.17) is 4.74 Å². The van der Waals surface area contributed by atoms with Crippen molar-refractivity contribution < 1.29 is 9.53 Å². The van der Waals surface area contributed by atoms with Crippen LogP contribution >= 0.6 is 0 Å². The predicted molar refractivity (Wildman–Crippen MR) is 77.9 cm³/mol. The van der Waals surface area contributed by atoms with Gasteiger partial charge in [0.2, 0.25) is 5.91 Å². The quantitative estimate of drug-likeness (QED) is 0.910. The number of aryl methyl sites for hydroxylation is 3. The standard InChI is InChI=1S/C15H19N3O2/c1-11-8-12(2)10-13(9-11)20-7-5-15(19)16-14-4-6-18(3)17-14/h4,6,8-10H,5,7H2,1-3H3,(H,16,17,19). The van der Waals surface area contributed by atoms with Crippen molar-refractivity contribution in [3.8, 4) is 5.75 Å². The summed E-state index contributed by atoms with van der Waals surface area (Å²) in [5.41, 5.74) is 2.30. The Balaban J connectivity index is 1.79. The molecule has 0 fully saturated rings. The Morgan fingerprint density at radius 3 is 2.60 bits per heavy atom. The molecule has 0 unspecified atom stereocenters. The first-order valence-electron chi connectivity index (χ1n) is 6.53. The molecule has 0 atom stereocenters. The van der Waals surface area contributed by atoms with Crippen molar-refractivity contribution in [3.05, 3.63) is 41.6 Å². The van der Waals surface area contributed by atoms with Crippen LogP contribution in [0.4, 0.5) is 5.82 Å². The van der Waals surface area contributed by atoms with Crippen LogP contribution in [-0.2, 0) is 11.8 Å². The Morgan fingerprint density at radius 2 is 2.00 bits per heavy atom. The van der Waals surface area contributed by atoms with Gasteiger partial charge < -0.3 is 10.1 Å². The van der Waals surface area contributed by atoms with E-state index in [0.29, 0.717) is 18.8 Å². The third-order valence-corrected chi connectivity index (χ3v) is 2.77. The highest BCUT2D eigenvalue weighted by atomic mass is 16.5. The number of hydrogen-bond acceptors (Lipinski definition) is 3. The third kappa shape index (κ3) is 4.12. The van der Waals surface area contributed by atoms with E-state index >= 15 is 0 Å². The van der Waals surface area contributed by atoms with Gasteiger partial charge in [0.05, 0.1) is 13.0 Å². The zero-order valence-electron chi connectivity index (χ0n) is 12.0. The summed E-state index contributed by atoms with van der Waals surface area (Å²) in [7, 11) is 1.80. The molecule has 5 heteroatoms. The summed E-state index contributed by atoms with van der Waals surface area (Å²) in [6.45, 7) is 4.39. The molecular weight excluding hydrogens is 254 g/mol. The van der Waals surface area contributed by atoms with Gasteiger partial charge in [0, 0.05) is 19.3 Å². The van der Waals surface area contributed by atoms with Crippen LogP contribution in [0.2, 0.25) is 0 Å². The second-order valence-electron chi connectivity index (χ2n) is 4.84. The number of nitrogens with one attached hydrogen (secondary N) is 1. The Labute approximate surface area is 118 Å². The summed E-state index contributed by atoms with van der Waals surface area (Å²) in [6, 6.07) is 7.76. The molecule has 1 heterocycles. The minimum atomic E-state index is -0.104. The van der Waals surface area contributed by atoms with Crippen LogP contribution in [-0.4, -0.2) is 22.3 Å². The zero-order chi connectivity index (χ0) is 14.5. The molecule has 1 aromatic heterocycles. The largest absolute Gasteiger partial charge is 0.493 e. The van der Waals surface area contributed by atoms with Gasteiger partial charge in [-0.05, 0) is 37.1 Å². The van der Waals surface area contributed by atoms with Crippen molar-refractivity contribution in [2.24, 2.45) is 7.05 Å². The van der Waals surface area contributed by atoms with Crippen LogP contribution in [0.25, 0.3) is 0 Å². The summed E-state index contributed by atoms with van der Waals surface area (Å²) >= 11 is 0. The second-order valence-corrected chi connectivity index (χ2v) is 4.84. The van der Waals surface area contributed by atoms with E-state index in [1.165, 1.54) is 0 Å². The Morgan fingerprint density at radius 1 is 1.30 bits per heavy atom. The van der Waals surface area contributed by atoms with Crippen LogP contribution in [0.15, 0.2) is 30.5 Å². The number of nitrogens with zero attached hydrogens (tertiary/aromatic N) is 2. The van der Waals surface area contributed by atoms with E-state index in [9.17, 15) is 4.79 Å². The van der Waals surface area contributed by atoms with Gasteiger partial charge in [0.25, 0.3) is 0 Å². The monoisotopic (exact) mass is 273 g/mol. The van der Waals surface area contributed by atoms with E-state index in [-0.39, 0.29) is 5.91 Å². The van der Waals surface area contributed by atoms with Gasteiger partial charge in [0.1, 0.15) is 5.75 Å². The molecule has 0 spiro atoms. The average molecular weight is 273 g/mol. The van der Waals surface area contributed by atoms with Crippen molar-refractivity contribution in [1.82, 2.24) is 9.78 Å². The van der Waals surface area contributed by atoms with Gasteiger partial charge in [-0.3, -0.25) is 9.48 Å². The molecule has 0 bridgehead atoms. The number of rotatable bonds is 5. The Hall–Kier alpha value is -2.30. The summed E-state index contributed by atoms with van der Waals surface area (Å²) in [6.07, 6.45) is 2.07. The first-order valence-corrected chi connectivity index (χ1v) is 6.53. The van der Waals surface area contributed by atoms with Gasteiger partial charge in [-0.1, -0.05) is 6.07 Å². The smallest absolute Gasteiger partial charge is 0.229 e. The lowest BCUT2D eigenvalue weighted by molar-refractivity contribution is -0.116. The molecule has 2 rings (SSSR count). The molecule has 1 N–H and O–H groups in total. The molecule has 0 aliphatic heterocycles. The molecule has 0 saturated carbocycles. The zero-order valence-corrected chi connectivity index (χ0v) is 12.0. The molecule has 1 amide bonds. The maximum Gasteiger partial charge on any atom is 0.229 e. The van der Waals surface area contributed by atoms with E-state index in [2.05, 4.69) is 16.5 Å². The highest BCUT2D eigenvalue weighted by Crippen LogP contribution is 2.16. The van der Waals surface area contributed by atoms with E-state index in [1.54, 1.807) is 24.0 Å². The van der Waals surface area contributed by atoms with Crippen molar-refractivity contribution in [3.63, 3.8) is 0 Å². The molecule has 106 valence electrons. The van der Waals surface area contributed by atoms with Crippen LogP contribution < -0.4 is 10.1 Å². The number of benzene rings is 1. The molecule has 2 aromatic rings. The number of hydrogen-bond donors (Lipinski definition) is 1. The fourth-order valence-electron chi connectivity index (χ4n) is 1.96. The molecule has 0 saturated heterocycles. The molecule has 0 radical (unpaired) electrons. The molecular formula is C15H19N3O2. The maximum atomic E-state index is 11.7. The minimum absolute atomic E-state index is 0.104. The first-order chi connectivity index (χ1) is 9.52. The molecule has 0 aliphatic carbocycles. The molecule has 0 aliphatic rings.